The lowest BCUT2D eigenvalue weighted by Gasteiger charge is -2.39. The van der Waals surface area contributed by atoms with Crippen LogP contribution in [0.3, 0.4) is 0 Å². The van der Waals surface area contributed by atoms with Crippen molar-refractivity contribution in [2.24, 2.45) is 0 Å². The van der Waals surface area contributed by atoms with Gasteiger partial charge < -0.3 is 15.4 Å². The SMILES string of the molecule is COC(=O)c1ccc(CCNC(=O)NC2(C)CCC2)cc1. The lowest BCUT2D eigenvalue weighted by molar-refractivity contribution is 0.0600. The maximum atomic E-state index is 11.7. The average Bonchev–Trinajstić information content (AvgIpc) is 2.45. The van der Waals surface area contributed by atoms with Crippen molar-refractivity contribution in [3.63, 3.8) is 0 Å². The summed E-state index contributed by atoms with van der Waals surface area (Å²) in [5, 5.41) is 5.86. The average molecular weight is 290 g/mol. The first-order chi connectivity index (χ1) is 10.0. The standard InChI is InChI=1S/C16H22N2O3/c1-16(9-3-10-16)18-15(20)17-11-8-12-4-6-13(7-5-12)14(19)21-2/h4-7H,3,8-11H2,1-2H3,(H2,17,18,20). The van der Waals surface area contributed by atoms with Crippen molar-refractivity contribution < 1.29 is 14.3 Å². The molecule has 1 aliphatic carbocycles. The summed E-state index contributed by atoms with van der Waals surface area (Å²) >= 11 is 0. The van der Waals surface area contributed by atoms with Crippen molar-refractivity contribution in [1.29, 1.82) is 0 Å². The number of benzene rings is 1. The third kappa shape index (κ3) is 4.21. The van der Waals surface area contributed by atoms with Crippen LogP contribution in [0.5, 0.6) is 0 Å². The van der Waals surface area contributed by atoms with Gasteiger partial charge in [0.1, 0.15) is 0 Å². The molecular weight excluding hydrogens is 268 g/mol. The van der Waals surface area contributed by atoms with Crippen LogP contribution in [0.1, 0.15) is 42.1 Å². The number of esters is 1. The molecule has 1 aliphatic rings. The van der Waals surface area contributed by atoms with Gasteiger partial charge in [-0.2, -0.15) is 0 Å². The molecule has 0 unspecified atom stereocenters. The molecule has 0 radical (unpaired) electrons. The maximum Gasteiger partial charge on any atom is 0.337 e. The Morgan fingerprint density at radius 1 is 1.24 bits per heavy atom. The van der Waals surface area contributed by atoms with E-state index in [9.17, 15) is 9.59 Å². The van der Waals surface area contributed by atoms with Crippen molar-refractivity contribution in [3.8, 4) is 0 Å². The van der Waals surface area contributed by atoms with Crippen LogP contribution in [0.4, 0.5) is 4.79 Å². The second-order valence-electron chi connectivity index (χ2n) is 5.73. The number of ether oxygens (including phenoxy) is 1. The minimum absolute atomic E-state index is 0.0216. The minimum Gasteiger partial charge on any atom is -0.465 e. The Kier molecular flexibility index (Phi) is 4.83. The smallest absolute Gasteiger partial charge is 0.337 e. The van der Waals surface area contributed by atoms with Crippen LogP contribution in [-0.4, -0.2) is 31.2 Å². The van der Waals surface area contributed by atoms with Gasteiger partial charge >= 0.3 is 12.0 Å². The summed E-state index contributed by atoms with van der Waals surface area (Å²) in [6.07, 6.45) is 4.01. The van der Waals surface area contributed by atoms with Gasteiger partial charge in [-0.15, -0.1) is 0 Å². The summed E-state index contributed by atoms with van der Waals surface area (Å²) in [6, 6.07) is 7.11. The molecule has 0 saturated heterocycles. The number of nitrogens with one attached hydrogen (secondary N) is 2. The number of methoxy groups -OCH3 is 1. The zero-order valence-corrected chi connectivity index (χ0v) is 12.6. The number of amides is 2. The predicted octanol–water partition coefficient (Wildman–Crippen LogP) is 2.26. The van der Waals surface area contributed by atoms with E-state index in [0.717, 1.165) is 24.8 Å². The number of hydrogen-bond donors (Lipinski definition) is 2. The summed E-state index contributed by atoms with van der Waals surface area (Å²) in [7, 11) is 1.36. The summed E-state index contributed by atoms with van der Waals surface area (Å²) in [6.45, 7) is 2.64. The van der Waals surface area contributed by atoms with E-state index in [1.54, 1.807) is 12.1 Å². The van der Waals surface area contributed by atoms with Crippen molar-refractivity contribution in [1.82, 2.24) is 10.6 Å². The Morgan fingerprint density at radius 3 is 2.43 bits per heavy atom. The second kappa shape index (κ2) is 6.61. The molecule has 21 heavy (non-hydrogen) atoms. The molecule has 5 nitrogen and oxygen atoms in total. The maximum absolute atomic E-state index is 11.7. The summed E-state index contributed by atoms with van der Waals surface area (Å²) < 4.78 is 4.65. The molecule has 2 rings (SSSR count). The first-order valence-electron chi connectivity index (χ1n) is 7.26. The molecular formula is C16H22N2O3. The largest absolute Gasteiger partial charge is 0.465 e. The highest BCUT2D eigenvalue weighted by Crippen LogP contribution is 2.30. The summed E-state index contributed by atoms with van der Waals surface area (Å²) in [5.41, 5.74) is 1.58. The van der Waals surface area contributed by atoms with E-state index in [1.165, 1.54) is 13.5 Å². The van der Waals surface area contributed by atoms with Crippen LogP contribution < -0.4 is 10.6 Å². The van der Waals surface area contributed by atoms with E-state index >= 15 is 0 Å². The normalized spacial score (nSPS) is 15.7. The zero-order valence-electron chi connectivity index (χ0n) is 12.6. The van der Waals surface area contributed by atoms with Crippen LogP contribution in [0, 0.1) is 0 Å². The Bertz CT molecular complexity index is 507. The predicted molar refractivity (Wildman–Crippen MR) is 80.3 cm³/mol. The molecule has 5 heteroatoms. The number of rotatable bonds is 5. The van der Waals surface area contributed by atoms with Gasteiger partial charge in [-0.05, 0) is 50.3 Å². The van der Waals surface area contributed by atoms with Crippen molar-refractivity contribution in [2.45, 2.75) is 38.1 Å². The fraction of sp³-hybridized carbons (Fsp3) is 0.500. The Hall–Kier alpha value is -2.04. The first kappa shape index (κ1) is 15.4. The van der Waals surface area contributed by atoms with Crippen LogP contribution in [-0.2, 0) is 11.2 Å². The topological polar surface area (TPSA) is 67.4 Å². The van der Waals surface area contributed by atoms with Gasteiger partial charge in [0.25, 0.3) is 0 Å². The van der Waals surface area contributed by atoms with Crippen LogP contribution in [0.25, 0.3) is 0 Å². The molecule has 1 aromatic carbocycles. The molecule has 0 aromatic heterocycles. The highest BCUT2D eigenvalue weighted by molar-refractivity contribution is 5.89. The summed E-state index contributed by atoms with van der Waals surface area (Å²) in [5.74, 6) is -0.340. The van der Waals surface area contributed by atoms with Gasteiger partial charge in [0, 0.05) is 12.1 Å². The number of urea groups is 1. The molecule has 0 atom stereocenters. The van der Waals surface area contributed by atoms with Gasteiger partial charge in [0.05, 0.1) is 12.7 Å². The van der Waals surface area contributed by atoms with Gasteiger partial charge in [-0.1, -0.05) is 12.1 Å². The molecule has 0 spiro atoms. The van der Waals surface area contributed by atoms with Gasteiger partial charge in [-0.3, -0.25) is 0 Å². The third-order valence-electron chi connectivity index (χ3n) is 3.95. The molecule has 2 amide bonds. The molecule has 1 saturated carbocycles. The first-order valence-corrected chi connectivity index (χ1v) is 7.26. The fourth-order valence-electron chi connectivity index (χ4n) is 2.40. The van der Waals surface area contributed by atoms with Gasteiger partial charge in [0.2, 0.25) is 0 Å². The molecule has 2 N–H and O–H groups in total. The van der Waals surface area contributed by atoms with Crippen LogP contribution in [0.15, 0.2) is 24.3 Å². The van der Waals surface area contributed by atoms with E-state index in [1.807, 2.05) is 12.1 Å². The number of carbonyl (C=O) groups is 2. The quantitative estimate of drug-likeness (QED) is 0.817. The molecule has 0 heterocycles. The Labute approximate surface area is 125 Å². The third-order valence-corrected chi connectivity index (χ3v) is 3.95. The Balaban J connectivity index is 1.73. The minimum atomic E-state index is -0.340. The van der Waals surface area contributed by atoms with E-state index in [-0.39, 0.29) is 17.5 Å². The summed E-state index contributed by atoms with van der Waals surface area (Å²) in [4.78, 5) is 23.0. The van der Waals surface area contributed by atoms with E-state index < -0.39 is 0 Å². The zero-order chi connectivity index (χ0) is 15.3. The lowest BCUT2D eigenvalue weighted by atomic mass is 9.79. The number of carbonyl (C=O) groups excluding carboxylic acids is 2. The second-order valence-corrected chi connectivity index (χ2v) is 5.73. The van der Waals surface area contributed by atoms with Crippen LogP contribution in [0.2, 0.25) is 0 Å². The lowest BCUT2D eigenvalue weighted by Crippen LogP contribution is -2.54. The van der Waals surface area contributed by atoms with Gasteiger partial charge in [0.15, 0.2) is 0 Å². The van der Waals surface area contributed by atoms with Crippen molar-refractivity contribution in [3.05, 3.63) is 35.4 Å². The van der Waals surface area contributed by atoms with E-state index in [4.69, 9.17) is 0 Å². The number of hydrogen-bond acceptors (Lipinski definition) is 3. The molecule has 1 aromatic rings. The van der Waals surface area contributed by atoms with Crippen molar-refractivity contribution >= 4 is 12.0 Å². The molecule has 114 valence electrons. The highest BCUT2D eigenvalue weighted by Gasteiger charge is 2.32. The molecule has 1 fully saturated rings. The van der Waals surface area contributed by atoms with Crippen LogP contribution >= 0.6 is 0 Å². The Morgan fingerprint density at radius 2 is 1.90 bits per heavy atom. The van der Waals surface area contributed by atoms with E-state index in [0.29, 0.717) is 12.1 Å². The fourth-order valence-corrected chi connectivity index (χ4v) is 2.40. The molecule has 0 bridgehead atoms. The van der Waals surface area contributed by atoms with Gasteiger partial charge in [-0.25, -0.2) is 9.59 Å². The molecule has 0 aliphatic heterocycles. The van der Waals surface area contributed by atoms with Crippen molar-refractivity contribution in [2.75, 3.05) is 13.7 Å². The van der Waals surface area contributed by atoms with E-state index in [2.05, 4.69) is 22.3 Å². The monoisotopic (exact) mass is 290 g/mol. The highest BCUT2D eigenvalue weighted by atomic mass is 16.5.